The topological polar surface area (TPSA) is 55.8 Å². The average molecular weight is 476 g/mol. The molecule has 0 N–H and O–H groups in total. The second-order valence-electron chi connectivity index (χ2n) is 6.64. The second kappa shape index (κ2) is 10.1. The van der Waals surface area contributed by atoms with Crippen LogP contribution in [-0.2, 0) is 16.1 Å². The molecule has 0 aromatic heterocycles. The zero-order chi connectivity index (χ0) is 20.8. The maximum absolute atomic E-state index is 12.5. The molecule has 0 atom stereocenters. The molecule has 1 aliphatic rings. The van der Waals surface area contributed by atoms with E-state index in [2.05, 4.69) is 28.1 Å². The molecule has 0 aliphatic carbocycles. The Bertz CT molecular complexity index is 927. The van der Waals surface area contributed by atoms with Crippen LogP contribution in [0.5, 0.6) is 5.75 Å². The predicted molar refractivity (Wildman–Crippen MR) is 119 cm³/mol. The number of imide groups is 1. The summed E-state index contributed by atoms with van der Waals surface area (Å²) in [5, 5.41) is -0.241. The molecule has 2 amide bonds. The minimum absolute atomic E-state index is 0.241. The van der Waals surface area contributed by atoms with Crippen LogP contribution in [0.15, 0.2) is 51.8 Å². The van der Waals surface area contributed by atoms with Gasteiger partial charge in [-0.05, 0) is 70.4 Å². The first kappa shape index (κ1) is 21.6. The molecule has 29 heavy (non-hydrogen) atoms. The Balaban J connectivity index is 1.65. The van der Waals surface area contributed by atoms with Gasteiger partial charge in [-0.25, -0.2) is 0 Å². The highest BCUT2D eigenvalue weighted by molar-refractivity contribution is 9.10. The number of benzene rings is 2. The number of ether oxygens (including phenoxy) is 2. The molecule has 7 heteroatoms. The molecule has 0 unspecified atom stereocenters. The molecule has 5 nitrogen and oxygen atoms in total. The highest BCUT2D eigenvalue weighted by atomic mass is 79.9. The lowest BCUT2D eigenvalue weighted by Crippen LogP contribution is -2.29. The number of carbonyl (C=O) groups is 2. The fraction of sp³-hybridized carbons (Fsp3) is 0.273. The van der Waals surface area contributed by atoms with E-state index in [0.29, 0.717) is 31.1 Å². The molecule has 1 fully saturated rings. The molecule has 1 saturated heterocycles. The quantitative estimate of drug-likeness (QED) is 0.377. The van der Waals surface area contributed by atoms with Gasteiger partial charge in [0.1, 0.15) is 12.4 Å². The third kappa shape index (κ3) is 5.72. The van der Waals surface area contributed by atoms with Crippen molar-refractivity contribution in [3.05, 3.63) is 68.5 Å². The van der Waals surface area contributed by atoms with E-state index in [1.807, 2.05) is 37.3 Å². The number of aryl methyl sites for hydroxylation is 1. The zero-order valence-corrected chi connectivity index (χ0v) is 18.7. The monoisotopic (exact) mass is 475 g/mol. The molecule has 152 valence electrons. The van der Waals surface area contributed by atoms with Gasteiger partial charge in [0.05, 0.1) is 9.38 Å². The number of carbonyl (C=O) groups excluding carboxylic acids is 2. The van der Waals surface area contributed by atoms with Crippen LogP contribution < -0.4 is 4.74 Å². The lowest BCUT2D eigenvalue weighted by molar-refractivity contribution is -0.122. The number of nitrogens with zero attached hydrogens (tertiary/aromatic N) is 1. The largest absolute Gasteiger partial charge is 0.488 e. The van der Waals surface area contributed by atoms with Gasteiger partial charge in [0.25, 0.3) is 11.1 Å². The van der Waals surface area contributed by atoms with Crippen LogP contribution in [0.3, 0.4) is 0 Å². The van der Waals surface area contributed by atoms with E-state index in [1.54, 1.807) is 13.2 Å². The van der Waals surface area contributed by atoms with Gasteiger partial charge >= 0.3 is 0 Å². The maximum Gasteiger partial charge on any atom is 0.293 e. The van der Waals surface area contributed by atoms with Crippen molar-refractivity contribution in [2.24, 2.45) is 0 Å². The number of hydrogen-bond acceptors (Lipinski definition) is 5. The van der Waals surface area contributed by atoms with E-state index >= 15 is 0 Å². The summed E-state index contributed by atoms with van der Waals surface area (Å²) in [5.41, 5.74) is 3.12. The van der Waals surface area contributed by atoms with Gasteiger partial charge in [-0.1, -0.05) is 35.9 Å². The lowest BCUT2D eigenvalue weighted by atomic mass is 10.1. The molecular formula is C22H22BrNO4S. The molecule has 2 aromatic rings. The number of methoxy groups -OCH3 is 1. The van der Waals surface area contributed by atoms with E-state index in [0.717, 1.165) is 33.1 Å². The minimum atomic E-state index is -0.257. The summed E-state index contributed by atoms with van der Waals surface area (Å²) in [7, 11) is 1.60. The molecule has 0 bridgehead atoms. The normalized spacial score (nSPS) is 15.4. The average Bonchev–Trinajstić information content (AvgIpc) is 2.96. The molecule has 3 rings (SSSR count). The van der Waals surface area contributed by atoms with E-state index in [1.165, 1.54) is 10.5 Å². The minimum Gasteiger partial charge on any atom is -0.488 e. The number of halogens is 1. The van der Waals surface area contributed by atoms with E-state index in [4.69, 9.17) is 9.47 Å². The fourth-order valence-electron chi connectivity index (χ4n) is 2.78. The Labute approximate surface area is 183 Å². The van der Waals surface area contributed by atoms with Gasteiger partial charge in [-0.3, -0.25) is 14.5 Å². The molecular weight excluding hydrogens is 454 g/mol. The Morgan fingerprint density at radius 2 is 1.90 bits per heavy atom. The highest BCUT2D eigenvalue weighted by Gasteiger charge is 2.34. The summed E-state index contributed by atoms with van der Waals surface area (Å²) in [6.45, 7) is 3.40. The van der Waals surface area contributed by atoms with Gasteiger partial charge in [0.2, 0.25) is 0 Å². The van der Waals surface area contributed by atoms with Crippen molar-refractivity contribution in [1.82, 2.24) is 4.90 Å². The van der Waals surface area contributed by atoms with Crippen LogP contribution in [0.2, 0.25) is 0 Å². The van der Waals surface area contributed by atoms with Crippen molar-refractivity contribution < 1.29 is 19.1 Å². The standard InChI is InChI=1S/C22H22BrNO4S/c1-15-4-6-16(7-5-15)14-28-19-9-8-17(12-18(19)23)13-20-21(25)24(22(26)29-20)10-3-11-27-2/h4-9,12-13H,3,10-11,14H2,1-2H3/b20-13+. The predicted octanol–water partition coefficient (Wildman–Crippen LogP) is 5.41. The lowest BCUT2D eigenvalue weighted by Gasteiger charge is -2.11. The van der Waals surface area contributed by atoms with E-state index < -0.39 is 0 Å². The SMILES string of the molecule is COCCCN1C(=O)S/C(=C/c2ccc(OCc3ccc(C)cc3)c(Br)c2)C1=O. The third-order valence-electron chi connectivity index (χ3n) is 4.37. The van der Waals surface area contributed by atoms with Crippen molar-refractivity contribution in [1.29, 1.82) is 0 Å². The Hall–Kier alpha value is -2.09. The first-order chi connectivity index (χ1) is 14.0. The summed E-state index contributed by atoms with van der Waals surface area (Å²) < 4.78 is 11.7. The second-order valence-corrected chi connectivity index (χ2v) is 8.49. The van der Waals surface area contributed by atoms with Crippen molar-refractivity contribution in [3.8, 4) is 5.75 Å². The van der Waals surface area contributed by atoms with Crippen LogP contribution in [0, 0.1) is 6.92 Å². The van der Waals surface area contributed by atoms with Gasteiger partial charge in [0.15, 0.2) is 0 Å². The van der Waals surface area contributed by atoms with Gasteiger partial charge < -0.3 is 9.47 Å². The van der Waals surface area contributed by atoms with E-state index in [-0.39, 0.29) is 11.1 Å². The van der Waals surface area contributed by atoms with E-state index in [9.17, 15) is 9.59 Å². The van der Waals surface area contributed by atoms with Crippen LogP contribution >= 0.6 is 27.7 Å². The van der Waals surface area contributed by atoms with Crippen molar-refractivity contribution >= 4 is 44.9 Å². The number of amides is 2. The van der Waals surface area contributed by atoms with Crippen molar-refractivity contribution in [3.63, 3.8) is 0 Å². The molecule has 0 saturated carbocycles. The molecule has 1 heterocycles. The molecule has 1 aliphatic heterocycles. The fourth-order valence-corrected chi connectivity index (χ4v) is 4.16. The number of hydrogen-bond donors (Lipinski definition) is 0. The maximum atomic E-state index is 12.5. The van der Waals surface area contributed by atoms with Gasteiger partial charge in [-0.15, -0.1) is 0 Å². The Morgan fingerprint density at radius 3 is 2.59 bits per heavy atom. The molecule has 0 spiro atoms. The van der Waals surface area contributed by atoms with Crippen molar-refractivity contribution in [2.45, 2.75) is 20.0 Å². The van der Waals surface area contributed by atoms with Crippen LogP contribution in [-0.4, -0.2) is 36.3 Å². The Kier molecular flexibility index (Phi) is 7.52. The summed E-state index contributed by atoms with van der Waals surface area (Å²) >= 11 is 4.49. The highest BCUT2D eigenvalue weighted by Crippen LogP contribution is 2.34. The zero-order valence-electron chi connectivity index (χ0n) is 16.3. The molecule has 0 radical (unpaired) electrons. The Morgan fingerprint density at radius 1 is 1.14 bits per heavy atom. The van der Waals surface area contributed by atoms with Crippen LogP contribution in [0.1, 0.15) is 23.1 Å². The van der Waals surface area contributed by atoms with Gasteiger partial charge in [-0.2, -0.15) is 0 Å². The van der Waals surface area contributed by atoms with Gasteiger partial charge in [0, 0.05) is 20.3 Å². The van der Waals surface area contributed by atoms with Crippen LogP contribution in [0.4, 0.5) is 4.79 Å². The number of rotatable bonds is 8. The van der Waals surface area contributed by atoms with Crippen LogP contribution in [0.25, 0.3) is 6.08 Å². The first-order valence-electron chi connectivity index (χ1n) is 9.20. The summed E-state index contributed by atoms with van der Waals surface area (Å²) in [4.78, 5) is 26.3. The molecule has 2 aromatic carbocycles. The number of thioether (sulfide) groups is 1. The summed E-state index contributed by atoms with van der Waals surface area (Å²) in [6, 6.07) is 13.8. The summed E-state index contributed by atoms with van der Waals surface area (Å²) in [6.07, 6.45) is 2.36. The third-order valence-corrected chi connectivity index (χ3v) is 5.90. The summed E-state index contributed by atoms with van der Waals surface area (Å²) in [5.74, 6) is 0.460. The smallest absolute Gasteiger partial charge is 0.293 e. The first-order valence-corrected chi connectivity index (χ1v) is 10.8. The van der Waals surface area contributed by atoms with Crippen molar-refractivity contribution in [2.75, 3.05) is 20.3 Å².